The van der Waals surface area contributed by atoms with Crippen LogP contribution in [0.25, 0.3) is 10.4 Å². The van der Waals surface area contributed by atoms with Gasteiger partial charge < -0.3 is 19.3 Å². The molecule has 9 heteroatoms. The summed E-state index contributed by atoms with van der Waals surface area (Å²) in [4.78, 5) is 46.0. The maximum Gasteiger partial charge on any atom is 0.353 e. The maximum atomic E-state index is 14.3. The number of hydrogen-bond donors (Lipinski definition) is 0. The molecule has 1 aliphatic heterocycles. The molecule has 230 valence electrons. The zero-order valence-corrected chi connectivity index (χ0v) is 26.6. The summed E-state index contributed by atoms with van der Waals surface area (Å²) in [5.74, 6) is -0.216. The number of esters is 2. The molecule has 2 saturated carbocycles. The molecule has 1 aromatic carbocycles. The van der Waals surface area contributed by atoms with E-state index in [9.17, 15) is 14.4 Å². The minimum absolute atomic E-state index is 0. The summed E-state index contributed by atoms with van der Waals surface area (Å²) in [6, 6.07) is 12.0. The predicted molar refractivity (Wildman–Crippen MR) is 169 cm³/mol. The Balaban J connectivity index is 0.00000405. The van der Waals surface area contributed by atoms with Crippen LogP contribution >= 0.6 is 23.7 Å². The topological polar surface area (TPSA) is 76.1 Å². The van der Waals surface area contributed by atoms with Gasteiger partial charge in [-0.25, -0.2) is 4.79 Å². The zero-order valence-electron chi connectivity index (χ0n) is 24.9. The zero-order chi connectivity index (χ0) is 28.8. The number of piperidine rings is 1. The molecule has 2 aromatic rings. The van der Waals surface area contributed by atoms with Crippen molar-refractivity contribution in [2.75, 3.05) is 31.8 Å². The van der Waals surface area contributed by atoms with Crippen LogP contribution in [0.2, 0.25) is 0 Å². The van der Waals surface area contributed by atoms with Crippen molar-refractivity contribution in [2.24, 2.45) is 17.8 Å². The van der Waals surface area contributed by atoms with Crippen molar-refractivity contribution in [3.8, 4) is 10.4 Å². The van der Waals surface area contributed by atoms with E-state index in [1.807, 2.05) is 41.3 Å². The second-order valence-electron chi connectivity index (χ2n) is 12.2. The van der Waals surface area contributed by atoms with E-state index in [0.717, 1.165) is 94.2 Å². The third kappa shape index (κ3) is 7.94. The van der Waals surface area contributed by atoms with Gasteiger partial charge in [0.25, 0.3) is 0 Å². The summed E-state index contributed by atoms with van der Waals surface area (Å²) >= 11 is 1.35. The first-order valence-electron chi connectivity index (χ1n) is 15.5. The number of ether oxygens (including phenoxy) is 2. The molecule has 5 rings (SSSR count). The number of benzene rings is 1. The lowest BCUT2D eigenvalue weighted by atomic mass is 9.82. The number of hydrogen-bond acceptors (Lipinski definition) is 7. The van der Waals surface area contributed by atoms with Crippen LogP contribution in [0, 0.1) is 17.8 Å². The molecule has 2 aliphatic carbocycles. The number of amides is 1. The summed E-state index contributed by atoms with van der Waals surface area (Å²) < 4.78 is 10.9. The molecule has 0 N–H and O–H groups in total. The van der Waals surface area contributed by atoms with Gasteiger partial charge in [-0.1, -0.05) is 56.5 Å². The molecule has 3 fully saturated rings. The molecule has 1 saturated heterocycles. The van der Waals surface area contributed by atoms with Gasteiger partial charge in [-0.3, -0.25) is 9.59 Å². The largest absolute Gasteiger partial charge is 0.428 e. The van der Waals surface area contributed by atoms with Crippen LogP contribution in [0.4, 0.5) is 5.69 Å². The van der Waals surface area contributed by atoms with Crippen molar-refractivity contribution in [1.29, 1.82) is 0 Å². The van der Waals surface area contributed by atoms with E-state index >= 15 is 0 Å². The number of halogens is 1. The Morgan fingerprint density at radius 2 is 1.55 bits per heavy atom. The summed E-state index contributed by atoms with van der Waals surface area (Å²) in [5, 5.41) is 0. The lowest BCUT2D eigenvalue weighted by Crippen LogP contribution is -2.49. The minimum Gasteiger partial charge on any atom is -0.428 e. The van der Waals surface area contributed by atoms with Gasteiger partial charge in [0, 0.05) is 16.8 Å². The van der Waals surface area contributed by atoms with Gasteiger partial charge in [0.2, 0.25) is 12.7 Å². The summed E-state index contributed by atoms with van der Waals surface area (Å²) in [6.45, 7) is 3.66. The van der Waals surface area contributed by atoms with Gasteiger partial charge in [-0.05, 0) is 89.1 Å². The highest BCUT2D eigenvalue weighted by molar-refractivity contribution is 7.18. The van der Waals surface area contributed by atoms with Crippen LogP contribution in [0.1, 0.15) is 87.2 Å². The highest BCUT2D eigenvalue weighted by Gasteiger charge is 2.37. The third-order valence-electron chi connectivity index (χ3n) is 9.20. The molecule has 1 aromatic heterocycles. The van der Waals surface area contributed by atoms with E-state index in [1.54, 1.807) is 0 Å². The Morgan fingerprint density at radius 3 is 2.21 bits per heavy atom. The molecule has 2 heterocycles. The summed E-state index contributed by atoms with van der Waals surface area (Å²) in [7, 11) is 2.11. The van der Waals surface area contributed by atoms with E-state index in [0.29, 0.717) is 16.5 Å². The van der Waals surface area contributed by atoms with Crippen LogP contribution in [-0.2, 0) is 19.1 Å². The van der Waals surface area contributed by atoms with E-state index in [4.69, 9.17) is 9.47 Å². The van der Waals surface area contributed by atoms with E-state index < -0.39 is 12.8 Å². The molecule has 7 nitrogen and oxygen atoms in total. The SMILES string of the molecule is CC1CCC(C(=O)N(c2cc(-c3ccccc3)sc2C(=O)OCOC(=O)C2CCCCC2)C2CCN(C)CC2)CC1.Cl. The Morgan fingerprint density at radius 1 is 0.881 bits per heavy atom. The number of thiophene rings is 1. The number of carbonyl (C=O) groups is 3. The number of anilines is 1. The standard InChI is InChI=1S/C33H44N2O5S.ClH/c1-23-13-15-25(16-14-23)31(36)35(27-17-19-34(2)20-18-27)28-21-29(24-9-5-3-6-10-24)41-30(28)33(38)40-22-39-32(37)26-11-7-4-8-12-26;/h3,5-6,9-10,21,23,25-27H,4,7-8,11-20,22H2,1-2H3;1H. The van der Waals surface area contributed by atoms with Crippen LogP contribution in [-0.4, -0.2) is 55.7 Å². The fourth-order valence-corrected chi connectivity index (χ4v) is 7.61. The molecule has 0 atom stereocenters. The number of nitrogens with zero attached hydrogens (tertiary/aromatic N) is 2. The Hall–Kier alpha value is -2.42. The number of carbonyl (C=O) groups excluding carboxylic acids is 3. The highest BCUT2D eigenvalue weighted by Crippen LogP contribution is 2.41. The maximum absolute atomic E-state index is 14.3. The highest BCUT2D eigenvalue weighted by atomic mass is 35.5. The summed E-state index contributed by atoms with van der Waals surface area (Å²) in [6.07, 6.45) is 10.5. The molecule has 0 radical (unpaired) electrons. The molecule has 0 bridgehead atoms. The first kappa shape index (κ1) is 32.5. The van der Waals surface area contributed by atoms with Crippen molar-refractivity contribution in [1.82, 2.24) is 4.90 Å². The van der Waals surface area contributed by atoms with Gasteiger partial charge in [0.15, 0.2) is 0 Å². The molecule has 3 aliphatic rings. The predicted octanol–water partition coefficient (Wildman–Crippen LogP) is 7.33. The van der Waals surface area contributed by atoms with E-state index in [1.165, 1.54) is 11.3 Å². The van der Waals surface area contributed by atoms with Gasteiger partial charge in [0.05, 0.1) is 11.6 Å². The molecule has 42 heavy (non-hydrogen) atoms. The quantitative estimate of drug-likeness (QED) is 0.228. The lowest BCUT2D eigenvalue weighted by Gasteiger charge is -2.40. The van der Waals surface area contributed by atoms with Gasteiger partial charge in [-0.2, -0.15) is 0 Å². The lowest BCUT2D eigenvalue weighted by molar-refractivity contribution is -0.158. The summed E-state index contributed by atoms with van der Waals surface area (Å²) in [5.41, 5.74) is 1.62. The Labute approximate surface area is 260 Å². The first-order chi connectivity index (χ1) is 19.9. The van der Waals surface area contributed by atoms with Gasteiger partial charge in [-0.15, -0.1) is 23.7 Å². The number of likely N-dealkylation sites (tertiary alicyclic amines) is 1. The monoisotopic (exact) mass is 616 g/mol. The average molecular weight is 617 g/mol. The number of rotatable bonds is 8. The van der Waals surface area contributed by atoms with Crippen LogP contribution < -0.4 is 4.90 Å². The molecule has 0 spiro atoms. The van der Waals surface area contributed by atoms with Gasteiger partial charge in [0.1, 0.15) is 4.88 Å². The average Bonchev–Trinajstić information content (AvgIpc) is 3.44. The Bertz CT molecular complexity index is 1180. The molecule has 0 unspecified atom stereocenters. The normalized spacial score (nSPS) is 22.1. The Kier molecular flexibility index (Phi) is 11.9. The second-order valence-corrected chi connectivity index (χ2v) is 13.3. The molecular formula is C33H45ClN2O5S. The molecular weight excluding hydrogens is 572 g/mol. The van der Waals surface area contributed by atoms with Gasteiger partial charge >= 0.3 is 11.9 Å². The van der Waals surface area contributed by atoms with Crippen LogP contribution in [0.15, 0.2) is 36.4 Å². The van der Waals surface area contributed by atoms with Crippen molar-refractivity contribution in [3.05, 3.63) is 41.3 Å². The fourth-order valence-electron chi connectivity index (χ4n) is 6.57. The van der Waals surface area contributed by atoms with Crippen molar-refractivity contribution >= 4 is 47.3 Å². The van der Waals surface area contributed by atoms with Crippen LogP contribution in [0.3, 0.4) is 0 Å². The van der Waals surface area contributed by atoms with E-state index in [-0.39, 0.29) is 42.2 Å². The van der Waals surface area contributed by atoms with Crippen molar-refractivity contribution < 1.29 is 23.9 Å². The van der Waals surface area contributed by atoms with Crippen molar-refractivity contribution in [2.45, 2.75) is 83.6 Å². The third-order valence-corrected chi connectivity index (χ3v) is 10.4. The van der Waals surface area contributed by atoms with Crippen LogP contribution in [0.5, 0.6) is 0 Å². The van der Waals surface area contributed by atoms with E-state index in [2.05, 4.69) is 18.9 Å². The fraction of sp³-hybridized carbons (Fsp3) is 0.606. The smallest absolute Gasteiger partial charge is 0.353 e. The minimum atomic E-state index is -0.549. The first-order valence-corrected chi connectivity index (χ1v) is 16.3. The van der Waals surface area contributed by atoms with Crippen molar-refractivity contribution in [3.63, 3.8) is 0 Å². The molecule has 1 amide bonds. The second kappa shape index (κ2) is 15.3.